The Hall–Kier alpha value is -5.70. The summed E-state index contributed by atoms with van der Waals surface area (Å²) in [7, 11) is -3.89. The number of alkyl carbamates (subject to hydrolysis) is 1. The van der Waals surface area contributed by atoms with Crippen LogP contribution in [0.2, 0.25) is 0 Å². The van der Waals surface area contributed by atoms with Crippen LogP contribution in [0.5, 0.6) is 5.75 Å². The topological polar surface area (TPSA) is 195 Å². The summed E-state index contributed by atoms with van der Waals surface area (Å²) in [5.41, 5.74) is 0.508. The summed E-state index contributed by atoms with van der Waals surface area (Å²) >= 11 is 0. The van der Waals surface area contributed by atoms with Crippen molar-refractivity contribution in [3.8, 4) is 5.75 Å². The molecule has 0 fully saturated rings. The highest BCUT2D eigenvalue weighted by Gasteiger charge is 2.31. The third-order valence-electron chi connectivity index (χ3n) is 8.86. The first kappa shape index (κ1) is 49.7. The molecule has 0 radical (unpaired) electrons. The summed E-state index contributed by atoms with van der Waals surface area (Å²) in [4.78, 5) is 66.7. The van der Waals surface area contributed by atoms with Crippen molar-refractivity contribution in [3.05, 3.63) is 108 Å². The van der Waals surface area contributed by atoms with Gasteiger partial charge in [0, 0.05) is 17.9 Å². The third kappa shape index (κ3) is 18.6. The van der Waals surface area contributed by atoms with Gasteiger partial charge in [0.2, 0.25) is 17.7 Å². The summed E-state index contributed by atoms with van der Waals surface area (Å²) in [6.07, 6.45) is 0.882. The van der Waals surface area contributed by atoms with Crippen LogP contribution in [0.4, 0.5) is 4.79 Å². The van der Waals surface area contributed by atoms with E-state index in [2.05, 4.69) is 21.3 Å². The molecule has 4 N–H and O–H groups in total. The number of carbonyl (C=O) groups is 5. The van der Waals surface area contributed by atoms with E-state index in [1.54, 1.807) is 65.0 Å². The number of aryl methyl sites for hydroxylation is 1. The van der Waals surface area contributed by atoms with Crippen LogP contribution in [0.3, 0.4) is 0 Å². The van der Waals surface area contributed by atoms with E-state index in [0.29, 0.717) is 12.2 Å². The summed E-state index contributed by atoms with van der Waals surface area (Å²) < 4.78 is 42.7. The van der Waals surface area contributed by atoms with E-state index >= 15 is 0 Å². The average Bonchev–Trinajstić information content (AvgIpc) is 3.18. The highest BCUT2D eigenvalue weighted by Crippen LogP contribution is 2.20. The Labute approximate surface area is 360 Å². The van der Waals surface area contributed by atoms with Crippen molar-refractivity contribution in [2.24, 2.45) is 5.92 Å². The van der Waals surface area contributed by atoms with Gasteiger partial charge in [-0.3, -0.25) is 19.2 Å². The van der Waals surface area contributed by atoms with Crippen LogP contribution in [-0.4, -0.2) is 73.6 Å². The molecule has 3 rings (SSSR count). The lowest BCUT2D eigenvalue weighted by Crippen LogP contribution is -2.58. The van der Waals surface area contributed by atoms with Crippen LogP contribution in [-0.2, 0) is 51.5 Å². The Kier molecular flexibility index (Phi) is 18.5. The molecule has 0 bridgehead atoms. The minimum atomic E-state index is -3.89. The Morgan fingerprint density at radius 3 is 1.85 bits per heavy atom. The zero-order chi connectivity index (χ0) is 45.4. The number of rotatable bonds is 20. The molecule has 3 aromatic carbocycles. The summed E-state index contributed by atoms with van der Waals surface area (Å²) in [6, 6.07) is 19.9. The van der Waals surface area contributed by atoms with Crippen LogP contribution in [0.15, 0.2) is 101 Å². The third-order valence-corrected chi connectivity index (χ3v) is 10.3. The van der Waals surface area contributed by atoms with Gasteiger partial charge in [-0.15, -0.1) is 0 Å². The highest BCUT2D eigenvalue weighted by molar-refractivity contribution is 7.94. The lowest BCUT2D eigenvalue weighted by Gasteiger charge is -2.27. The van der Waals surface area contributed by atoms with Crippen molar-refractivity contribution < 1.29 is 46.6 Å². The summed E-state index contributed by atoms with van der Waals surface area (Å²) in [5.74, 6) is -2.28. The number of amides is 4. The number of hydrogen-bond donors (Lipinski definition) is 4. The van der Waals surface area contributed by atoms with Crippen molar-refractivity contribution in [1.82, 2.24) is 21.3 Å². The smallest absolute Gasteiger partial charge is 0.408 e. The quantitative estimate of drug-likeness (QED) is 0.0933. The molecule has 0 saturated heterocycles. The number of carbonyl (C=O) groups excluding carboxylic acids is 5. The van der Waals surface area contributed by atoms with E-state index in [1.807, 2.05) is 63.2 Å². The first-order chi connectivity index (χ1) is 28.5. The van der Waals surface area contributed by atoms with Gasteiger partial charge in [0.25, 0.3) is 0 Å². The minimum absolute atomic E-state index is 0.00379. The second kappa shape index (κ2) is 22.8. The maximum atomic E-state index is 13.9. The van der Waals surface area contributed by atoms with Gasteiger partial charge >= 0.3 is 12.1 Å². The zero-order valence-electron chi connectivity index (χ0n) is 36.7. The van der Waals surface area contributed by atoms with E-state index in [4.69, 9.17) is 14.2 Å². The van der Waals surface area contributed by atoms with Crippen LogP contribution >= 0.6 is 0 Å². The molecule has 4 amide bonds. The molecule has 0 saturated carbocycles. The maximum Gasteiger partial charge on any atom is 0.408 e. The monoisotopic (exact) mass is 862 g/mol. The lowest BCUT2D eigenvalue weighted by atomic mass is 10.0. The second-order valence-electron chi connectivity index (χ2n) is 17.0. The molecular formula is C46H62N4O10S. The predicted molar refractivity (Wildman–Crippen MR) is 233 cm³/mol. The molecule has 0 aliphatic heterocycles. The Morgan fingerprint density at radius 2 is 1.28 bits per heavy atom. The lowest BCUT2D eigenvalue weighted by molar-refractivity contribution is -0.155. The van der Waals surface area contributed by atoms with Crippen molar-refractivity contribution in [2.75, 3.05) is 0 Å². The molecule has 0 aliphatic rings. The van der Waals surface area contributed by atoms with Crippen molar-refractivity contribution >= 4 is 39.6 Å². The van der Waals surface area contributed by atoms with Gasteiger partial charge in [-0.2, -0.15) is 0 Å². The normalized spacial score (nSPS) is 13.9. The average molecular weight is 863 g/mol. The fourth-order valence-electron chi connectivity index (χ4n) is 5.80. The molecule has 4 unspecified atom stereocenters. The van der Waals surface area contributed by atoms with E-state index in [0.717, 1.165) is 16.5 Å². The van der Waals surface area contributed by atoms with Crippen molar-refractivity contribution in [2.45, 2.75) is 135 Å². The summed E-state index contributed by atoms with van der Waals surface area (Å²) in [5, 5.41) is 11.7. The standard InChI is InChI=1S/C46H62N4O10S/c1-31(2)40(43(54)47-32(3)41(52)48-35(23-27-39(51)60-46(7,8)9)28-29-61(56,57)37-18-14-11-15-19-37)50-42(53)38(49-44(55)58-30-34-16-12-10-13-17-34)26-22-33-20-24-36(25-21-33)59-45(4,5)6/h10-21,24-25,28-29,31-32,35,38,40H,22-23,26-27,30H2,1-9H3,(H,47,54)(H,48,52)(H,49,55)(H,50,53). The minimum Gasteiger partial charge on any atom is -0.488 e. The Balaban J connectivity index is 1.74. The molecule has 0 heterocycles. The van der Waals surface area contributed by atoms with Crippen molar-refractivity contribution in [1.29, 1.82) is 0 Å². The molecule has 0 spiro atoms. The first-order valence-corrected chi connectivity index (χ1v) is 21.9. The molecule has 332 valence electrons. The molecule has 61 heavy (non-hydrogen) atoms. The molecule has 15 heteroatoms. The van der Waals surface area contributed by atoms with E-state index < -0.39 is 75.3 Å². The van der Waals surface area contributed by atoms with Crippen LogP contribution in [0.1, 0.15) is 92.7 Å². The van der Waals surface area contributed by atoms with Gasteiger partial charge in [-0.25, -0.2) is 13.2 Å². The molecule has 14 nitrogen and oxygen atoms in total. The largest absolute Gasteiger partial charge is 0.488 e. The van der Waals surface area contributed by atoms with Gasteiger partial charge < -0.3 is 35.5 Å². The number of hydrogen-bond acceptors (Lipinski definition) is 10. The van der Waals surface area contributed by atoms with Gasteiger partial charge in [0.15, 0.2) is 9.84 Å². The number of nitrogens with one attached hydrogen (secondary N) is 4. The van der Waals surface area contributed by atoms with Crippen LogP contribution < -0.4 is 26.0 Å². The van der Waals surface area contributed by atoms with E-state index in [9.17, 15) is 32.4 Å². The Bertz CT molecular complexity index is 2040. The van der Waals surface area contributed by atoms with E-state index in [-0.39, 0.29) is 36.4 Å². The Morgan fingerprint density at radius 1 is 0.672 bits per heavy atom. The van der Waals surface area contributed by atoms with Crippen LogP contribution in [0, 0.1) is 5.92 Å². The van der Waals surface area contributed by atoms with Gasteiger partial charge in [0.1, 0.15) is 41.7 Å². The zero-order valence-corrected chi connectivity index (χ0v) is 37.5. The number of ether oxygens (including phenoxy) is 3. The number of esters is 1. The van der Waals surface area contributed by atoms with Crippen molar-refractivity contribution in [3.63, 3.8) is 0 Å². The highest BCUT2D eigenvalue weighted by atomic mass is 32.2. The van der Waals surface area contributed by atoms with E-state index in [1.165, 1.54) is 25.1 Å². The van der Waals surface area contributed by atoms with Gasteiger partial charge in [-0.1, -0.05) is 80.6 Å². The number of sulfone groups is 1. The summed E-state index contributed by atoms with van der Waals surface area (Å²) in [6.45, 7) is 15.9. The molecule has 3 aromatic rings. The second-order valence-corrected chi connectivity index (χ2v) is 18.9. The fraction of sp³-hybridized carbons (Fsp3) is 0.457. The van der Waals surface area contributed by atoms with Gasteiger partial charge in [0.05, 0.1) is 4.90 Å². The first-order valence-electron chi connectivity index (χ1n) is 20.4. The SMILES string of the molecule is CC(NC(=O)C(NC(=O)C(CCc1ccc(OC(C)(C)C)cc1)NC(=O)OCc1ccccc1)C(C)C)C(=O)NC(C=CS(=O)(=O)c1ccccc1)CCC(=O)OC(C)(C)C. The maximum absolute atomic E-state index is 13.9. The molecular weight excluding hydrogens is 801 g/mol. The molecule has 0 aromatic heterocycles. The fourth-order valence-corrected chi connectivity index (χ4v) is 6.89. The molecule has 4 atom stereocenters. The predicted octanol–water partition coefficient (Wildman–Crippen LogP) is 6.33. The molecule has 0 aliphatic carbocycles. The van der Waals surface area contributed by atoms with Crippen LogP contribution in [0.25, 0.3) is 0 Å². The van der Waals surface area contributed by atoms with Gasteiger partial charge in [-0.05, 0) is 109 Å². The number of benzene rings is 3.